The third kappa shape index (κ3) is 1.75. The van der Waals surface area contributed by atoms with Crippen molar-refractivity contribution in [2.75, 3.05) is 11.5 Å². The summed E-state index contributed by atoms with van der Waals surface area (Å²) in [7, 11) is 0. The first-order chi connectivity index (χ1) is 6.11. The molecule has 0 heterocycles. The van der Waals surface area contributed by atoms with E-state index in [1.54, 1.807) is 0 Å². The van der Waals surface area contributed by atoms with Gasteiger partial charge in [0.2, 0.25) is 0 Å². The van der Waals surface area contributed by atoms with E-state index in [4.69, 9.17) is 11.5 Å². The van der Waals surface area contributed by atoms with Gasteiger partial charge in [0, 0.05) is 0 Å². The molecule has 0 fully saturated rings. The maximum atomic E-state index is 5.86. The van der Waals surface area contributed by atoms with Crippen molar-refractivity contribution in [3.05, 3.63) is 17.2 Å². The predicted molar refractivity (Wildman–Crippen MR) is 61.3 cm³/mol. The van der Waals surface area contributed by atoms with Crippen LogP contribution in [0, 0.1) is 0 Å². The Balaban J connectivity index is 3.36. The summed E-state index contributed by atoms with van der Waals surface area (Å²) in [5.74, 6) is 0. The van der Waals surface area contributed by atoms with Crippen LogP contribution in [0.25, 0.3) is 0 Å². The molecule has 0 bridgehead atoms. The van der Waals surface area contributed by atoms with Crippen LogP contribution in [0.3, 0.4) is 0 Å². The van der Waals surface area contributed by atoms with Gasteiger partial charge < -0.3 is 11.5 Å². The fourth-order valence-electron chi connectivity index (χ4n) is 1.40. The molecule has 1 aromatic rings. The quantitative estimate of drug-likeness (QED) is 0.502. The Morgan fingerprint density at radius 2 is 1.46 bits per heavy atom. The van der Waals surface area contributed by atoms with Crippen LogP contribution in [0.2, 0.25) is 0 Å². The van der Waals surface area contributed by atoms with E-state index in [1.165, 1.54) is 0 Å². The molecule has 0 spiro atoms. The Morgan fingerprint density at radius 1 is 1.08 bits per heavy atom. The molecule has 0 aliphatic rings. The van der Waals surface area contributed by atoms with Crippen molar-refractivity contribution in [1.82, 2.24) is 0 Å². The van der Waals surface area contributed by atoms with Crippen LogP contribution in [0.5, 0.6) is 0 Å². The normalized spacial score (nSPS) is 10.4. The number of nitrogens with two attached hydrogens (primary N) is 2. The highest BCUT2D eigenvalue weighted by molar-refractivity contribution is 7.80. The van der Waals surface area contributed by atoms with Gasteiger partial charge in [-0.3, -0.25) is 0 Å². The van der Waals surface area contributed by atoms with Gasteiger partial charge in [-0.05, 0) is 24.0 Å². The number of anilines is 2. The maximum Gasteiger partial charge on any atom is 0.0507 e. The molecular weight excluding hydrogens is 180 g/mol. The van der Waals surface area contributed by atoms with Crippen LogP contribution < -0.4 is 11.5 Å². The van der Waals surface area contributed by atoms with Gasteiger partial charge >= 0.3 is 0 Å². The van der Waals surface area contributed by atoms with Crippen LogP contribution in [0.4, 0.5) is 11.4 Å². The average molecular weight is 196 g/mol. The summed E-state index contributed by atoms with van der Waals surface area (Å²) < 4.78 is 0. The van der Waals surface area contributed by atoms with E-state index in [1.807, 2.05) is 0 Å². The number of nitrogen functional groups attached to an aromatic ring is 2. The topological polar surface area (TPSA) is 52.0 Å². The highest BCUT2D eigenvalue weighted by atomic mass is 32.1. The molecule has 0 amide bonds. The standard InChI is InChI=1S/C10H16N2S/c1-3-6-5-7(4-2)9(12)10(13)8(6)11/h5,13H,3-4,11-12H2,1-2H3. The summed E-state index contributed by atoms with van der Waals surface area (Å²) in [6.07, 6.45) is 1.85. The molecule has 0 radical (unpaired) electrons. The van der Waals surface area contributed by atoms with E-state index in [9.17, 15) is 0 Å². The van der Waals surface area contributed by atoms with Gasteiger partial charge in [0.1, 0.15) is 0 Å². The van der Waals surface area contributed by atoms with Gasteiger partial charge in [-0.25, -0.2) is 0 Å². The molecule has 0 unspecified atom stereocenters. The van der Waals surface area contributed by atoms with Crippen molar-refractivity contribution in [3.8, 4) is 0 Å². The lowest BCUT2D eigenvalue weighted by Crippen LogP contribution is -2.02. The highest BCUT2D eigenvalue weighted by Gasteiger charge is 2.08. The fraction of sp³-hybridized carbons (Fsp3) is 0.400. The molecular formula is C10H16N2S. The van der Waals surface area contributed by atoms with E-state index in [0.29, 0.717) is 0 Å². The first kappa shape index (κ1) is 10.3. The molecule has 4 N–H and O–H groups in total. The summed E-state index contributed by atoms with van der Waals surface area (Å²) in [6.45, 7) is 4.16. The Kier molecular flexibility index (Phi) is 3.09. The number of hydrogen-bond donors (Lipinski definition) is 3. The maximum absolute atomic E-state index is 5.86. The van der Waals surface area contributed by atoms with Crippen LogP contribution >= 0.6 is 12.6 Å². The van der Waals surface area contributed by atoms with Crippen LogP contribution in [0.15, 0.2) is 11.0 Å². The van der Waals surface area contributed by atoms with Gasteiger partial charge in [-0.1, -0.05) is 19.9 Å². The third-order valence-electron chi connectivity index (χ3n) is 2.31. The predicted octanol–water partition coefficient (Wildman–Crippen LogP) is 2.26. The molecule has 72 valence electrons. The van der Waals surface area contributed by atoms with E-state index in [2.05, 4.69) is 32.5 Å². The molecule has 13 heavy (non-hydrogen) atoms. The van der Waals surface area contributed by atoms with Crippen molar-refractivity contribution in [1.29, 1.82) is 0 Å². The lowest BCUT2D eigenvalue weighted by Gasteiger charge is -2.12. The van der Waals surface area contributed by atoms with Gasteiger partial charge in [0.05, 0.1) is 16.3 Å². The Hall–Kier alpha value is -0.830. The van der Waals surface area contributed by atoms with Gasteiger partial charge in [-0.15, -0.1) is 12.6 Å². The largest absolute Gasteiger partial charge is 0.398 e. The summed E-state index contributed by atoms with van der Waals surface area (Å²) in [6, 6.07) is 2.07. The number of benzene rings is 1. The molecule has 1 aromatic carbocycles. The van der Waals surface area contributed by atoms with Crippen molar-refractivity contribution in [3.63, 3.8) is 0 Å². The first-order valence-corrected chi connectivity index (χ1v) is 4.95. The van der Waals surface area contributed by atoms with E-state index in [-0.39, 0.29) is 0 Å². The van der Waals surface area contributed by atoms with Crippen LogP contribution in [-0.2, 0) is 12.8 Å². The molecule has 0 aromatic heterocycles. The van der Waals surface area contributed by atoms with Crippen molar-refractivity contribution >= 4 is 24.0 Å². The zero-order chi connectivity index (χ0) is 10.0. The van der Waals surface area contributed by atoms with Crippen molar-refractivity contribution in [2.45, 2.75) is 31.6 Å². The zero-order valence-corrected chi connectivity index (χ0v) is 8.99. The Morgan fingerprint density at radius 3 is 1.77 bits per heavy atom. The molecule has 0 aliphatic carbocycles. The number of thiol groups is 1. The summed E-state index contributed by atoms with van der Waals surface area (Å²) >= 11 is 4.31. The molecule has 2 nitrogen and oxygen atoms in total. The second kappa shape index (κ2) is 3.92. The van der Waals surface area contributed by atoms with Crippen LogP contribution in [0.1, 0.15) is 25.0 Å². The smallest absolute Gasteiger partial charge is 0.0507 e. The van der Waals surface area contributed by atoms with Crippen molar-refractivity contribution < 1.29 is 0 Å². The number of hydrogen-bond acceptors (Lipinski definition) is 3. The van der Waals surface area contributed by atoms with Crippen LogP contribution in [-0.4, -0.2) is 0 Å². The second-order valence-electron chi connectivity index (χ2n) is 3.08. The minimum Gasteiger partial charge on any atom is -0.398 e. The minimum atomic E-state index is 0.723. The highest BCUT2D eigenvalue weighted by Crippen LogP contribution is 2.31. The van der Waals surface area contributed by atoms with Crippen molar-refractivity contribution in [2.24, 2.45) is 0 Å². The molecule has 0 aliphatic heterocycles. The number of aryl methyl sites for hydroxylation is 2. The second-order valence-corrected chi connectivity index (χ2v) is 3.53. The SMILES string of the molecule is CCc1cc(CC)c(N)c(S)c1N. The molecule has 0 saturated heterocycles. The molecule has 3 heteroatoms. The van der Waals surface area contributed by atoms with E-state index < -0.39 is 0 Å². The monoisotopic (exact) mass is 196 g/mol. The molecule has 0 saturated carbocycles. The fourth-order valence-corrected chi connectivity index (χ4v) is 1.69. The van der Waals surface area contributed by atoms with Gasteiger partial charge in [0.25, 0.3) is 0 Å². The summed E-state index contributed by atoms with van der Waals surface area (Å²) in [5, 5.41) is 0. The molecule has 0 atom stereocenters. The number of rotatable bonds is 2. The zero-order valence-electron chi connectivity index (χ0n) is 8.09. The van der Waals surface area contributed by atoms with E-state index in [0.717, 1.165) is 40.2 Å². The van der Waals surface area contributed by atoms with Gasteiger partial charge in [0.15, 0.2) is 0 Å². The lowest BCUT2D eigenvalue weighted by atomic mass is 10.0. The summed E-state index contributed by atoms with van der Waals surface area (Å²) in [4.78, 5) is 0.733. The molecule has 1 rings (SSSR count). The lowest BCUT2D eigenvalue weighted by molar-refractivity contribution is 1.08. The minimum absolute atomic E-state index is 0.723. The third-order valence-corrected chi connectivity index (χ3v) is 2.79. The average Bonchev–Trinajstić information content (AvgIpc) is 2.15. The van der Waals surface area contributed by atoms with E-state index >= 15 is 0 Å². The van der Waals surface area contributed by atoms with Gasteiger partial charge in [-0.2, -0.15) is 0 Å². The summed E-state index contributed by atoms with van der Waals surface area (Å²) in [5.41, 5.74) is 15.4. The Labute approximate surface area is 84.7 Å². The first-order valence-electron chi connectivity index (χ1n) is 4.50. The Bertz CT molecular complexity index is 293.